The normalized spacial score (nSPS) is 11.6. The van der Waals surface area contributed by atoms with E-state index in [1.165, 1.54) is 0 Å². The highest BCUT2D eigenvalue weighted by Gasteiger charge is 2.27. The van der Waals surface area contributed by atoms with Gasteiger partial charge in [-0.15, -0.1) is 0 Å². The molecular weight excluding hydrogens is 232 g/mol. The van der Waals surface area contributed by atoms with Crippen LogP contribution in [0.4, 0.5) is 0 Å². The summed E-state index contributed by atoms with van der Waals surface area (Å²) in [7, 11) is 0. The average Bonchev–Trinajstić information content (AvgIpc) is 2.68. The molecular formula is C13H22N2O3. The van der Waals surface area contributed by atoms with Crippen LogP contribution in [0.15, 0.2) is 4.52 Å². The van der Waals surface area contributed by atoms with E-state index in [2.05, 4.69) is 10.5 Å². The Balaban J connectivity index is 2.72. The fourth-order valence-electron chi connectivity index (χ4n) is 1.94. The lowest BCUT2D eigenvalue weighted by atomic mass is 9.93. The van der Waals surface area contributed by atoms with E-state index in [-0.39, 0.29) is 18.9 Å². The number of hydrogen-bond acceptors (Lipinski definition) is 4. The summed E-state index contributed by atoms with van der Waals surface area (Å²) in [6, 6.07) is 0. The SMILES string of the molecule is CCC(CC)(CO)NC(=O)Cc1c(C)noc1C. The van der Waals surface area contributed by atoms with E-state index in [0.717, 1.165) is 11.3 Å². The third-order valence-electron chi connectivity index (χ3n) is 3.58. The number of hydrogen-bond donors (Lipinski definition) is 2. The van der Waals surface area contributed by atoms with E-state index in [4.69, 9.17) is 4.52 Å². The second-order valence-corrected chi connectivity index (χ2v) is 4.67. The number of carbonyl (C=O) groups is 1. The molecule has 18 heavy (non-hydrogen) atoms. The van der Waals surface area contributed by atoms with Crippen molar-refractivity contribution in [3.63, 3.8) is 0 Å². The molecule has 5 heteroatoms. The second kappa shape index (κ2) is 6.00. The lowest BCUT2D eigenvalue weighted by molar-refractivity contribution is -0.123. The number of amides is 1. The molecule has 1 amide bonds. The first-order valence-electron chi connectivity index (χ1n) is 6.31. The minimum Gasteiger partial charge on any atom is -0.394 e. The van der Waals surface area contributed by atoms with Crippen LogP contribution in [-0.2, 0) is 11.2 Å². The Morgan fingerprint density at radius 1 is 1.39 bits per heavy atom. The number of aliphatic hydroxyl groups is 1. The van der Waals surface area contributed by atoms with Crippen LogP contribution in [0.25, 0.3) is 0 Å². The molecule has 0 spiro atoms. The zero-order chi connectivity index (χ0) is 13.8. The van der Waals surface area contributed by atoms with Gasteiger partial charge in [0.25, 0.3) is 0 Å². The van der Waals surface area contributed by atoms with Crippen LogP contribution >= 0.6 is 0 Å². The lowest BCUT2D eigenvalue weighted by Gasteiger charge is -2.30. The summed E-state index contributed by atoms with van der Waals surface area (Å²) in [5.74, 6) is 0.562. The smallest absolute Gasteiger partial charge is 0.225 e. The van der Waals surface area contributed by atoms with Crippen molar-refractivity contribution < 1.29 is 14.4 Å². The maximum Gasteiger partial charge on any atom is 0.225 e. The molecule has 0 aliphatic heterocycles. The van der Waals surface area contributed by atoms with Crippen LogP contribution in [0.5, 0.6) is 0 Å². The summed E-state index contributed by atoms with van der Waals surface area (Å²) in [5, 5.41) is 16.2. The minimum atomic E-state index is -0.518. The van der Waals surface area contributed by atoms with Crippen LogP contribution in [0.3, 0.4) is 0 Å². The van der Waals surface area contributed by atoms with E-state index >= 15 is 0 Å². The molecule has 1 heterocycles. The van der Waals surface area contributed by atoms with Crippen LogP contribution < -0.4 is 5.32 Å². The summed E-state index contributed by atoms with van der Waals surface area (Å²) in [4.78, 5) is 12.0. The van der Waals surface area contributed by atoms with Gasteiger partial charge in [0.1, 0.15) is 5.76 Å². The molecule has 102 valence electrons. The van der Waals surface area contributed by atoms with Gasteiger partial charge >= 0.3 is 0 Å². The van der Waals surface area contributed by atoms with Crippen molar-refractivity contribution in [3.05, 3.63) is 17.0 Å². The Labute approximate surface area is 108 Å². The summed E-state index contributed by atoms with van der Waals surface area (Å²) >= 11 is 0. The minimum absolute atomic E-state index is 0.0483. The quantitative estimate of drug-likeness (QED) is 0.806. The molecule has 0 aliphatic rings. The first-order valence-corrected chi connectivity index (χ1v) is 6.31. The molecule has 5 nitrogen and oxygen atoms in total. The first-order chi connectivity index (χ1) is 8.48. The number of nitrogens with zero attached hydrogens (tertiary/aromatic N) is 1. The van der Waals surface area contributed by atoms with Crippen LogP contribution in [0.1, 0.15) is 43.7 Å². The monoisotopic (exact) mass is 254 g/mol. The highest BCUT2D eigenvalue weighted by Crippen LogP contribution is 2.16. The van der Waals surface area contributed by atoms with Crippen LogP contribution in [0, 0.1) is 13.8 Å². The molecule has 0 atom stereocenters. The largest absolute Gasteiger partial charge is 0.394 e. The molecule has 2 N–H and O–H groups in total. The number of aryl methyl sites for hydroxylation is 2. The summed E-state index contributed by atoms with van der Waals surface area (Å²) in [6.45, 7) is 7.47. The maximum absolute atomic E-state index is 12.0. The molecule has 0 bridgehead atoms. The molecule has 1 aromatic rings. The second-order valence-electron chi connectivity index (χ2n) is 4.67. The van der Waals surface area contributed by atoms with E-state index in [9.17, 15) is 9.90 Å². The molecule has 0 aromatic carbocycles. The van der Waals surface area contributed by atoms with Crippen molar-refractivity contribution in [1.82, 2.24) is 10.5 Å². The molecule has 0 unspecified atom stereocenters. The van der Waals surface area contributed by atoms with Gasteiger partial charge in [0.2, 0.25) is 5.91 Å². The van der Waals surface area contributed by atoms with E-state index in [1.807, 2.05) is 20.8 Å². The summed E-state index contributed by atoms with van der Waals surface area (Å²) < 4.78 is 5.03. The maximum atomic E-state index is 12.0. The molecule has 0 saturated heterocycles. The van der Waals surface area contributed by atoms with Gasteiger partial charge in [0, 0.05) is 5.56 Å². The summed E-state index contributed by atoms with van der Waals surface area (Å²) in [6.07, 6.45) is 1.64. The molecule has 0 radical (unpaired) electrons. The molecule has 0 aliphatic carbocycles. The Morgan fingerprint density at radius 2 is 2.00 bits per heavy atom. The number of aliphatic hydroxyl groups excluding tert-OH is 1. The van der Waals surface area contributed by atoms with Crippen LogP contribution in [0.2, 0.25) is 0 Å². The van der Waals surface area contributed by atoms with Gasteiger partial charge in [-0.3, -0.25) is 4.79 Å². The summed E-state index contributed by atoms with van der Waals surface area (Å²) in [5.41, 5.74) is 1.05. The Hall–Kier alpha value is -1.36. The third kappa shape index (κ3) is 3.10. The number of aromatic nitrogens is 1. The lowest BCUT2D eigenvalue weighted by Crippen LogP contribution is -2.51. The molecule has 0 saturated carbocycles. The zero-order valence-electron chi connectivity index (χ0n) is 11.5. The van der Waals surface area contributed by atoms with Crippen molar-refractivity contribution in [3.8, 4) is 0 Å². The number of nitrogens with one attached hydrogen (secondary N) is 1. The van der Waals surface area contributed by atoms with Crippen molar-refractivity contribution in [2.24, 2.45) is 0 Å². The zero-order valence-corrected chi connectivity index (χ0v) is 11.5. The molecule has 1 aromatic heterocycles. The van der Waals surface area contributed by atoms with E-state index in [0.29, 0.717) is 18.6 Å². The van der Waals surface area contributed by atoms with Crippen molar-refractivity contribution in [2.75, 3.05) is 6.61 Å². The van der Waals surface area contributed by atoms with Gasteiger partial charge in [-0.1, -0.05) is 19.0 Å². The highest BCUT2D eigenvalue weighted by atomic mass is 16.5. The fraction of sp³-hybridized carbons (Fsp3) is 0.692. The van der Waals surface area contributed by atoms with Crippen molar-refractivity contribution in [1.29, 1.82) is 0 Å². The third-order valence-corrected chi connectivity index (χ3v) is 3.58. The van der Waals surface area contributed by atoms with Crippen molar-refractivity contribution >= 4 is 5.91 Å². The number of rotatable bonds is 6. The van der Waals surface area contributed by atoms with E-state index in [1.54, 1.807) is 6.92 Å². The Kier molecular flexibility index (Phi) is 4.90. The highest BCUT2D eigenvalue weighted by molar-refractivity contribution is 5.79. The topological polar surface area (TPSA) is 75.4 Å². The predicted octanol–water partition coefficient (Wildman–Crippen LogP) is 1.50. The van der Waals surface area contributed by atoms with Gasteiger partial charge in [0.15, 0.2) is 0 Å². The molecule has 0 fully saturated rings. The Bertz CT molecular complexity index is 381. The predicted molar refractivity (Wildman–Crippen MR) is 68.2 cm³/mol. The van der Waals surface area contributed by atoms with Gasteiger partial charge in [-0.05, 0) is 26.7 Å². The standard InChI is InChI=1S/C13H22N2O3/c1-5-13(6-2,8-16)14-12(17)7-11-9(3)15-18-10(11)4/h16H,5-8H2,1-4H3,(H,14,17). The molecule has 1 rings (SSSR count). The fourth-order valence-corrected chi connectivity index (χ4v) is 1.94. The van der Waals surface area contributed by atoms with Gasteiger partial charge < -0.3 is 14.9 Å². The number of carbonyl (C=O) groups excluding carboxylic acids is 1. The first kappa shape index (κ1) is 14.7. The van der Waals surface area contributed by atoms with Gasteiger partial charge in [0.05, 0.1) is 24.3 Å². The van der Waals surface area contributed by atoms with Gasteiger partial charge in [-0.2, -0.15) is 0 Å². The van der Waals surface area contributed by atoms with Gasteiger partial charge in [-0.25, -0.2) is 0 Å². The van der Waals surface area contributed by atoms with E-state index < -0.39 is 5.54 Å². The Morgan fingerprint density at radius 3 is 2.39 bits per heavy atom. The van der Waals surface area contributed by atoms with Crippen LogP contribution in [-0.4, -0.2) is 28.3 Å². The van der Waals surface area contributed by atoms with Crippen molar-refractivity contribution in [2.45, 2.75) is 52.5 Å². The average molecular weight is 254 g/mol.